The number of amides is 1. The van der Waals surface area contributed by atoms with Crippen LogP contribution in [0.3, 0.4) is 0 Å². The first-order chi connectivity index (χ1) is 13.0. The van der Waals surface area contributed by atoms with Crippen molar-refractivity contribution in [1.29, 1.82) is 0 Å². The van der Waals surface area contributed by atoms with Crippen LogP contribution in [-0.2, 0) is 20.7 Å². The maximum absolute atomic E-state index is 12.5. The first-order valence-corrected chi connectivity index (χ1v) is 8.39. The molecule has 2 aromatic rings. The van der Waals surface area contributed by atoms with Crippen molar-refractivity contribution in [3.8, 4) is 5.75 Å². The Morgan fingerprint density at radius 3 is 2.63 bits per heavy atom. The molecule has 0 unspecified atom stereocenters. The van der Waals surface area contributed by atoms with E-state index >= 15 is 0 Å². The van der Waals surface area contributed by atoms with Crippen molar-refractivity contribution in [2.75, 3.05) is 18.1 Å². The molecule has 0 saturated heterocycles. The van der Waals surface area contributed by atoms with E-state index in [2.05, 4.69) is 0 Å². The fourth-order valence-corrected chi connectivity index (χ4v) is 3.07. The molecule has 27 heavy (non-hydrogen) atoms. The van der Waals surface area contributed by atoms with E-state index in [1.165, 1.54) is 18.2 Å². The minimum atomic E-state index is -0.776. The first-order valence-electron chi connectivity index (χ1n) is 8.39. The summed E-state index contributed by atoms with van der Waals surface area (Å²) in [6.45, 7) is 0.986. The molecule has 2 aromatic carbocycles. The van der Waals surface area contributed by atoms with Gasteiger partial charge in [-0.2, -0.15) is 0 Å². The summed E-state index contributed by atoms with van der Waals surface area (Å²) >= 11 is 0. The maximum Gasteiger partial charge on any atom is 0.344 e. The van der Waals surface area contributed by atoms with Crippen LogP contribution in [-0.4, -0.2) is 36.1 Å². The van der Waals surface area contributed by atoms with E-state index in [4.69, 9.17) is 9.47 Å². The third-order valence-corrected chi connectivity index (χ3v) is 4.24. The summed E-state index contributed by atoms with van der Waals surface area (Å²) in [4.78, 5) is 36.3. The molecule has 0 fully saturated rings. The molecule has 1 atom stereocenters. The molecular weight excluding hydrogens is 352 g/mol. The molecule has 1 aliphatic rings. The smallest absolute Gasteiger partial charge is 0.344 e. The van der Waals surface area contributed by atoms with E-state index in [9.17, 15) is 19.7 Å². The molecule has 3 rings (SSSR count). The number of carbonyl (C=O) groups is 2. The Balaban J connectivity index is 1.54. The third-order valence-electron chi connectivity index (χ3n) is 4.24. The van der Waals surface area contributed by atoms with Crippen LogP contribution in [0.2, 0.25) is 0 Å². The molecule has 1 amide bonds. The van der Waals surface area contributed by atoms with Crippen LogP contribution in [0, 0.1) is 10.1 Å². The van der Waals surface area contributed by atoms with Crippen molar-refractivity contribution < 1.29 is 24.0 Å². The minimum Gasteiger partial charge on any atom is -0.475 e. The third kappa shape index (κ3) is 4.05. The predicted octanol–water partition coefficient (Wildman–Crippen LogP) is 2.49. The number of ether oxygens (including phenoxy) is 2. The number of nitro groups is 1. The van der Waals surface area contributed by atoms with Crippen molar-refractivity contribution in [2.24, 2.45) is 0 Å². The SMILES string of the molecule is C[C@H]1Cc2ccccc2N1C(=O)COC(=O)COc1ccccc1[N+](=O)[O-]. The van der Waals surface area contributed by atoms with Gasteiger partial charge in [-0.15, -0.1) is 0 Å². The zero-order chi connectivity index (χ0) is 19.4. The highest BCUT2D eigenvalue weighted by Gasteiger charge is 2.31. The van der Waals surface area contributed by atoms with Crippen LogP contribution >= 0.6 is 0 Å². The van der Waals surface area contributed by atoms with E-state index in [0.717, 1.165) is 17.7 Å². The van der Waals surface area contributed by atoms with E-state index in [0.29, 0.717) is 0 Å². The van der Waals surface area contributed by atoms with E-state index in [1.54, 1.807) is 11.0 Å². The first kappa shape index (κ1) is 18.4. The number of benzene rings is 2. The molecular formula is C19H18N2O6. The number of nitro benzene ring substituents is 1. The van der Waals surface area contributed by atoms with Crippen LogP contribution in [0.4, 0.5) is 11.4 Å². The summed E-state index contributed by atoms with van der Waals surface area (Å²) in [7, 11) is 0. The largest absolute Gasteiger partial charge is 0.475 e. The number of carbonyl (C=O) groups excluding carboxylic acids is 2. The fourth-order valence-electron chi connectivity index (χ4n) is 3.07. The van der Waals surface area contributed by atoms with Gasteiger partial charge in [-0.1, -0.05) is 30.3 Å². The van der Waals surface area contributed by atoms with Crippen LogP contribution in [0.1, 0.15) is 12.5 Å². The van der Waals surface area contributed by atoms with Crippen molar-refractivity contribution in [2.45, 2.75) is 19.4 Å². The second kappa shape index (κ2) is 7.86. The van der Waals surface area contributed by atoms with Gasteiger partial charge in [0, 0.05) is 17.8 Å². The lowest BCUT2D eigenvalue weighted by atomic mass is 10.1. The number of hydrogen-bond donors (Lipinski definition) is 0. The number of rotatable bonds is 6. The lowest BCUT2D eigenvalue weighted by Gasteiger charge is -2.22. The molecule has 0 aromatic heterocycles. The van der Waals surface area contributed by atoms with Gasteiger partial charge in [0.15, 0.2) is 19.0 Å². The number of esters is 1. The Morgan fingerprint density at radius 1 is 1.15 bits per heavy atom. The van der Waals surface area contributed by atoms with Gasteiger partial charge < -0.3 is 14.4 Å². The lowest BCUT2D eigenvalue weighted by molar-refractivity contribution is -0.385. The standard InChI is InChI=1S/C19H18N2O6/c1-13-10-14-6-2-3-7-15(14)20(13)18(22)11-27-19(23)12-26-17-9-5-4-8-16(17)21(24)25/h2-9,13H,10-12H2,1H3/t13-/m0/s1. The highest BCUT2D eigenvalue weighted by molar-refractivity contribution is 5.97. The number of fused-ring (bicyclic) bond motifs is 1. The summed E-state index contributed by atoms with van der Waals surface area (Å²) in [5.74, 6) is -1.14. The summed E-state index contributed by atoms with van der Waals surface area (Å²) in [6.07, 6.45) is 0.747. The van der Waals surface area contributed by atoms with Crippen LogP contribution < -0.4 is 9.64 Å². The minimum absolute atomic E-state index is 0.0168. The summed E-state index contributed by atoms with van der Waals surface area (Å²) in [6, 6.07) is 13.3. The fraction of sp³-hybridized carbons (Fsp3) is 0.263. The number of nitrogens with zero attached hydrogens (tertiary/aromatic N) is 2. The quantitative estimate of drug-likeness (QED) is 0.440. The average Bonchev–Trinajstić information content (AvgIpc) is 3.00. The Kier molecular flexibility index (Phi) is 5.35. The van der Waals surface area contributed by atoms with E-state index < -0.39 is 24.1 Å². The van der Waals surface area contributed by atoms with Gasteiger partial charge in [0.1, 0.15) is 0 Å². The van der Waals surface area contributed by atoms with Crippen molar-refractivity contribution in [3.05, 3.63) is 64.2 Å². The number of anilines is 1. The molecule has 8 nitrogen and oxygen atoms in total. The Hall–Kier alpha value is -3.42. The second-order valence-corrected chi connectivity index (χ2v) is 6.12. The molecule has 0 saturated carbocycles. The van der Waals surface area contributed by atoms with Crippen molar-refractivity contribution >= 4 is 23.3 Å². The zero-order valence-electron chi connectivity index (χ0n) is 14.7. The van der Waals surface area contributed by atoms with Gasteiger partial charge in [0.05, 0.1) is 4.92 Å². The Labute approximate surface area is 155 Å². The van der Waals surface area contributed by atoms with E-state index in [-0.39, 0.29) is 23.4 Å². The molecule has 0 N–H and O–H groups in total. The Morgan fingerprint density at radius 2 is 1.85 bits per heavy atom. The molecule has 8 heteroatoms. The summed E-state index contributed by atoms with van der Waals surface area (Å²) in [5.41, 5.74) is 1.65. The zero-order valence-corrected chi connectivity index (χ0v) is 14.7. The normalized spacial score (nSPS) is 15.1. The second-order valence-electron chi connectivity index (χ2n) is 6.12. The molecule has 0 spiro atoms. The summed E-state index contributed by atoms with van der Waals surface area (Å²) < 4.78 is 10.1. The van der Waals surface area contributed by atoms with E-state index in [1.807, 2.05) is 31.2 Å². The maximum atomic E-state index is 12.5. The van der Waals surface area contributed by atoms with Gasteiger partial charge in [-0.25, -0.2) is 4.79 Å². The summed E-state index contributed by atoms with van der Waals surface area (Å²) in [5, 5.41) is 10.9. The molecule has 1 aliphatic heterocycles. The monoisotopic (exact) mass is 370 g/mol. The van der Waals surface area contributed by atoms with Gasteiger partial charge in [0.2, 0.25) is 0 Å². The molecule has 0 bridgehead atoms. The van der Waals surface area contributed by atoms with Crippen molar-refractivity contribution in [1.82, 2.24) is 0 Å². The number of hydrogen-bond acceptors (Lipinski definition) is 6. The lowest BCUT2D eigenvalue weighted by Crippen LogP contribution is -2.39. The number of para-hydroxylation sites is 3. The van der Waals surface area contributed by atoms with Crippen LogP contribution in [0.5, 0.6) is 5.75 Å². The average molecular weight is 370 g/mol. The predicted molar refractivity (Wildman–Crippen MR) is 96.6 cm³/mol. The topological polar surface area (TPSA) is 99.0 Å². The van der Waals surface area contributed by atoms with Gasteiger partial charge in [-0.3, -0.25) is 14.9 Å². The highest BCUT2D eigenvalue weighted by atomic mass is 16.6. The van der Waals surface area contributed by atoms with Gasteiger partial charge >= 0.3 is 11.7 Å². The molecule has 1 heterocycles. The molecule has 0 aliphatic carbocycles. The van der Waals surface area contributed by atoms with Crippen LogP contribution in [0.25, 0.3) is 0 Å². The van der Waals surface area contributed by atoms with Gasteiger partial charge in [0.25, 0.3) is 5.91 Å². The van der Waals surface area contributed by atoms with Gasteiger partial charge in [-0.05, 0) is 31.0 Å². The van der Waals surface area contributed by atoms with Crippen LogP contribution in [0.15, 0.2) is 48.5 Å². The van der Waals surface area contributed by atoms with Crippen molar-refractivity contribution in [3.63, 3.8) is 0 Å². The highest BCUT2D eigenvalue weighted by Crippen LogP contribution is 2.31. The molecule has 0 radical (unpaired) electrons. The molecule has 140 valence electrons. The Bertz CT molecular complexity index is 882.